The van der Waals surface area contributed by atoms with Gasteiger partial charge in [0.05, 0.1) is 43.9 Å². The van der Waals surface area contributed by atoms with E-state index < -0.39 is 0 Å². The number of carbonyl (C=O) groups excluding carboxylic acids is 1. The summed E-state index contributed by atoms with van der Waals surface area (Å²) in [5.41, 5.74) is 4.33. The molecule has 1 aliphatic heterocycles. The van der Waals surface area contributed by atoms with Crippen LogP contribution in [0.15, 0.2) is 47.1 Å². The fourth-order valence-electron chi connectivity index (χ4n) is 4.43. The molecule has 0 aromatic carbocycles. The number of aliphatic hydroxyl groups is 1. The van der Waals surface area contributed by atoms with Crippen molar-refractivity contribution in [1.82, 2.24) is 19.9 Å². The second kappa shape index (κ2) is 11.2. The zero-order valence-electron chi connectivity index (χ0n) is 21.6. The Hall–Kier alpha value is -4.02. The first kappa shape index (κ1) is 25.6. The van der Waals surface area contributed by atoms with Crippen molar-refractivity contribution in [2.45, 2.75) is 25.9 Å². The number of fused-ring (bicyclic) bond motifs is 1. The third-order valence-corrected chi connectivity index (χ3v) is 6.52. The number of rotatable bonds is 8. The maximum absolute atomic E-state index is 12.6. The summed E-state index contributed by atoms with van der Waals surface area (Å²) in [6, 6.07) is 9.12. The molecule has 0 aliphatic carbocycles. The van der Waals surface area contributed by atoms with Crippen molar-refractivity contribution in [3.8, 4) is 34.2 Å². The topological polar surface area (TPSA) is 120 Å². The van der Waals surface area contributed by atoms with Gasteiger partial charge in [0, 0.05) is 50.5 Å². The number of aromatic nitrogens is 3. The van der Waals surface area contributed by atoms with Crippen molar-refractivity contribution >= 4 is 17.0 Å². The molecule has 5 heterocycles. The summed E-state index contributed by atoms with van der Waals surface area (Å²) in [4.78, 5) is 27.8. The summed E-state index contributed by atoms with van der Waals surface area (Å²) in [7, 11) is 3.12. The molecule has 10 heteroatoms. The van der Waals surface area contributed by atoms with Crippen LogP contribution in [0.3, 0.4) is 0 Å². The van der Waals surface area contributed by atoms with E-state index in [1.807, 2.05) is 25.1 Å². The van der Waals surface area contributed by atoms with Crippen LogP contribution < -0.4 is 9.47 Å². The molecule has 5 rings (SSSR count). The molecule has 0 radical (unpaired) electrons. The van der Waals surface area contributed by atoms with Crippen molar-refractivity contribution in [2.24, 2.45) is 0 Å². The molecule has 1 saturated heterocycles. The fraction of sp³-hybridized carbons (Fsp3) is 0.357. The van der Waals surface area contributed by atoms with E-state index in [0.29, 0.717) is 47.1 Å². The first-order valence-electron chi connectivity index (χ1n) is 12.5. The van der Waals surface area contributed by atoms with Crippen LogP contribution in [0.25, 0.3) is 33.8 Å². The number of nitrogens with zero attached hydrogens (tertiary/aromatic N) is 4. The molecule has 4 aromatic heterocycles. The largest absolute Gasteiger partial charge is 0.494 e. The molecule has 38 heavy (non-hydrogen) atoms. The number of hydrogen-bond acceptors (Lipinski definition) is 9. The van der Waals surface area contributed by atoms with Crippen LogP contribution in [0.1, 0.15) is 28.9 Å². The summed E-state index contributed by atoms with van der Waals surface area (Å²) in [5, 5.41) is 9.13. The van der Waals surface area contributed by atoms with Gasteiger partial charge in [0.15, 0.2) is 11.3 Å². The van der Waals surface area contributed by atoms with E-state index in [-0.39, 0.29) is 25.2 Å². The summed E-state index contributed by atoms with van der Waals surface area (Å²) in [6.07, 6.45) is 5.05. The van der Waals surface area contributed by atoms with Gasteiger partial charge in [-0.2, -0.15) is 0 Å². The fourth-order valence-corrected chi connectivity index (χ4v) is 4.43. The van der Waals surface area contributed by atoms with Crippen molar-refractivity contribution in [2.75, 3.05) is 40.5 Å². The van der Waals surface area contributed by atoms with E-state index in [2.05, 4.69) is 9.97 Å². The van der Waals surface area contributed by atoms with Crippen molar-refractivity contribution in [3.63, 3.8) is 0 Å². The van der Waals surface area contributed by atoms with Gasteiger partial charge in [-0.25, -0.2) is 9.97 Å². The Bertz CT molecular complexity index is 1450. The van der Waals surface area contributed by atoms with E-state index >= 15 is 0 Å². The van der Waals surface area contributed by atoms with Gasteiger partial charge in [0.25, 0.3) is 5.91 Å². The first-order chi connectivity index (χ1) is 18.5. The standard InChI is InChI=1S/C28H30N4O6/c1-17-23(37-19-7-12-36-13-8-19)5-4-21(31-17)20-6-9-29-22-15-25(38-27(20)22)26-24(35-3)14-18(16-30-26)28(34)32(2)10-11-33/h4-6,9,14-16,19,33H,7-8,10-13H2,1-3H3. The van der Waals surface area contributed by atoms with Gasteiger partial charge in [0.2, 0.25) is 0 Å². The lowest BCUT2D eigenvalue weighted by atomic mass is 10.1. The van der Waals surface area contributed by atoms with Gasteiger partial charge >= 0.3 is 0 Å². The first-order valence-corrected chi connectivity index (χ1v) is 12.5. The SMILES string of the molecule is COc1cc(C(=O)N(C)CCO)cnc1-c1cc2nccc(-c3ccc(OC4CCOCC4)c(C)n3)c2o1. The predicted octanol–water partition coefficient (Wildman–Crippen LogP) is 3.89. The molecule has 0 unspecified atom stereocenters. The smallest absolute Gasteiger partial charge is 0.255 e. The maximum atomic E-state index is 12.6. The molecule has 198 valence electrons. The second-order valence-corrected chi connectivity index (χ2v) is 9.12. The van der Waals surface area contributed by atoms with Crippen molar-refractivity contribution in [1.29, 1.82) is 0 Å². The lowest BCUT2D eigenvalue weighted by molar-refractivity contribution is 0.0251. The van der Waals surface area contributed by atoms with Crippen molar-refractivity contribution in [3.05, 3.63) is 54.0 Å². The zero-order valence-corrected chi connectivity index (χ0v) is 21.6. The Morgan fingerprint density at radius 2 is 1.97 bits per heavy atom. The average molecular weight is 519 g/mol. The summed E-state index contributed by atoms with van der Waals surface area (Å²) < 4.78 is 23.4. The van der Waals surface area contributed by atoms with Gasteiger partial charge < -0.3 is 28.6 Å². The Labute approximate surface area is 220 Å². The van der Waals surface area contributed by atoms with Crippen LogP contribution in [0.5, 0.6) is 11.5 Å². The molecule has 4 aromatic rings. The minimum atomic E-state index is -0.268. The number of methoxy groups -OCH3 is 1. The Morgan fingerprint density at radius 1 is 1.16 bits per heavy atom. The number of hydrogen-bond donors (Lipinski definition) is 1. The zero-order chi connectivity index (χ0) is 26.6. The normalized spacial score (nSPS) is 14.0. The third-order valence-electron chi connectivity index (χ3n) is 6.52. The number of amides is 1. The lowest BCUT2D eigenvalue weighted by Gasteiger charge is -2.24. The molecular formula is C28H30N4O6. The molecule has 0 atom stereocenters. The lowest BCUT2D eigenvalue weighted by Crippen LogP contribution is -2.29. The molecule has 0 bridgehead atoms. The predicted molar refractivity (Wildman–Crippen MR) is 140 cm³/mol. The van der Waals surface area contributed by atoms with Crippen LogP contribution in [0, 0.1) is 6.92 Å². The highest BCUT2D eigenvalue weighted by atomic mass is 16.5. The van der Waals surface area contributed by atoms with E-state index in [1.165, 1.54) is 18.2 Å². The number of ether oxygens (including phenoxy) is 3. The number of pyridine rings is 3. The number of aliphatic hydroxyl groups excluding tert-OH is 1. The number of likely N-dealkylation sites (N-methyl/N-ethyl adjacent to an activating group) is 1. The Morgan fingerprint density at radius 3 is 2.71 bits per heavy atom. The molecule has 0 spiro atoms. The van der Waals surface area contributed by atoms with Crippen LogP contribution in [0.2, 0.25) is 0 Å². The highest BCUT2D eigenvalue weighted by molar-refractivity contribution is 5.95. The van der Waals surface area contributed by atoms with E-state index in [4.69, 9.17) is 28.7 Å². The highest BCUT2D eigenvalue weighted by Gasteiger charge is 2.21. The van der Waals surface area contributed by atoms with Gasteiger partial charge in [0.1, 0.15) is 28.8 Å². The van der Waals surface area contributed by atoms with Crippen LogP contribution in [-0.2, 0) is 4.74 Å². The van der Waals surface area contributed by atoms with Gasteiger partial charge in [-0.15, -0.1) is 0 Å². The Kier molecular flexibility index (Phi) is 7.52. The summed E-state index contributed by atoms with van der Waals surface area (Å²) in [5.74, 6) is 1.34. The second-order valence-electron chi connectivity index (χ2n) is 9.12. The van der Waals surface area contributed by atoms with E-state index in [9.17, 15) is 4.79 Å². The van der Waals surface area contributed by atoms with E-state index in [1.54, 1.807) is 25.4 Å². The number of furan rings is 1. The molecule has 0 saturated carbocycles. The monoisotopic (exact) mass is 518 g/mol. The van der Waals surface area contributed by atoms with E-state index in [0.717, 1.165) is 35.5 Å². The summed E-state index contributed by atoms with van der Waals surface area (Å²) in [6.45, 7) is 3.45. The molecule has 1 N–H and O–H groups in total. The molecule has 1 fully saturated rings. The minimum absolute atomic E-state index is 0.126. The molecule has 10 nitrogen and oxygen atoms in total. The maximum Gasteiger partial charge on any atom is 0.255 e. The number of aryl methyl sites for hydroxylation is 1. The molecule has 1 amide bonds. The van der Waals surface area contributed by atoms with Crippen LogP contribution >= 0.6 is 0 Å². The highest BCUT2D eigenvalue weighted by Crippen LogP contribution is 2.36. The van der Waals surface area contributed by atoms with Gasteiger partial charge in [-0.05, 0) is 31.2 Å². The number of carbonyl (C=O) groups is 1. The van der Waals surface area contributed by atoms with Gasteiger partial charge in [-0.3, -0.25) is 9.78 Å². The third kappa shape index (κ3) is 5.18. The molecule has 1 aliphatic rings. The van der Waals surface area contributed by atoms with Gasteiger partial charge in [-0.1, -0.05) is 0 Å². The Balaban J connectivity index is 1.46. The summed E-state index contributed by atoms with van der Waals surface area (Å²) >= 11 is 0. The van der Waals surface area contributed by atoms with Crippen LogP contribution in [-0.4, -0.2) is 77.5 Å². The molecular weight excluding hydrogens is 488 g/mol. The quantitative estimate of drug-likeness (QED) is 0.370. The average Bonchev–Trinajstić information content (AvgIpc) is 3.38. The van der Waals surface area contributed by atoms with Crippen LogP contribution in [0.4, 0.5) is 0 Å². The minimum Gasteiger partial charge on any atom is -0.494 e. The van der Waals surface area contributed by atoms with Crippen molar-refractivity contribution < 1.29 is 28.5 Å².